The number of aryl methyl sites for hydroxylation is 1. The SMILES string of the molecule is COC(=O)[C@@H](Cc1ccc(OC)c([N+](=O)[O-])c1)NC(=O)CCc1ccccc1. The predicted octanol–water partition coefficient (Wildman–Crippen LogP) is 2.44. The zero-order valence-corrected chi connectivity index (χ0v) is 15.7. The Balaban J connectivity index is 2.07. The number of nitro groups is 1. The second-order valence-electron chi connectivity index (χ2n) is 6.10. The molecule has 0 radical (unpaired) electrons. The van der Waals surface area contributed by atoms with Gasteiger partial charge >= 0.3 is 11.7 Å². The van der Waals surface area contributed by atoms with E-state index < -0.39 is 16.9 Å². The van der Waals surface area contributed by atoms with Gasteiger partial charge in [-0.25, -0.2) is 4.79 Å². The monoisotopic (exact) mass is 386 g/mol. The van der Waals surface area contributed by atoms with Gasteiger partial charge in [0.15, 0.2) is 5.75 Å². The molecule has 8 nitrogen and oxygen atoms in total. The van der Waals surface area contributed by atoms with Crippen LogP contribution >= 0.6 is 0 Å². The fraction of sp³-hybridized carbons (Fsp3) is 0.300. The van der Waals surface area contributed by atoms with Gasteiger partial charge in [-0.3, -0.25) is 14.9 Å². The number of nitrogens with zero attached hydrogens (tertiary/aromatic N) is 1. The number of methoxy groups -OCH3 is 2. The molecule has 0 aliphatic rings. The number of hydrogen-bond donors (Lipinski definition) is 1. The first-order valence-corrected chi connectivity index (χ1v) is 8.67. The number of esters is 1. The van der Waals surface area contributed by atoms with E-state index in [0.717, 1.165) is 5.56 Å². The third-order valence-corrected chi connectivity index (χ3v) is 4.18. The van der Waals surface area contributed by atoms with Crippen LogP contribution in [0.2, 0.25) is 0 Å². The maximum absolute atomic E-state index is 12.3. The van der Waals surface area contributed by atoms with Gasteiger partial charge in [0.05, 0.1) is 19.1 Å². The summed E-state index contributed by atoms with van der Waals surface area (Å²) in [5.74, 6) is -0.802. The zero-order valence-electron chi connectivity index (χ0n) is 15.7. The molecule has 0 saturated carbocycles. The van der Waals surface area contributed by atoms with Gasteiger partial charge in [-0.2, -0.15) is 0 Å². The predicted molar refractivity (Wildman–Crippen MR) is 102 cm³/mol. The van der Waals surface area contributed by atoms with E-state index in [4.69, 9.17) is 9.47 Å². The summed E-state index contributed by atoms with van der Waals surface area (Å²) in [4.78, 5) is 34.9. The Hall–Kier alpha value is -3.42. The third-order valence-electron chi connectivity index (χ3n) is 4.18. The second kappa shape index (κ2) is 10.1. The van der Waals surface area contributed by atoms with Crippen molar-refractivity contribution in [3.63, 3.8) is 0 Å². The molecular weight excluding hydrogens is 364 g/mol. The highest BCUT2D eigenvalue weighted by Crippen LogP contribution is 2.28. The quantitative estimate of drug-likeness (QED) is 0.403. The number of rotatable bonds is 9. The maximum atomic E-state index is 12.3. The normalized spacial score (nSPS) is 11.4. The van der Waals surface area contributed by atoms with E-state index in [2.05, 4.69) is 5.32 Å². The van der Waals surface area contributed by atoms with E-state index in [-0.39, 0.29) is 30.2 Å². The molecule has 0 bridgehead atoms. The van der Waals surface area contributed by atoms with Gasteiger partial charge in [0, 0.05) is 18.9 Å². The topological polar surface area (TPSA) is 108 Å². The van der Waals surface area contributed by atoms with Crippen molar-refractivity contribution in [1.82, 2.24) is 5.32 Å². The van der Waals surface area contributed by atoms with Crippen molar-refractivity contribution in [3.8, 4) is 5.75 Å². The van der Waals surface area contributed by atoms with Crippen molar-refractivity contribution < 1.29 is 24.0 Å². The number of amides is 1. The number of ether oxygens (including phenoxy) is 2. The van der Waals surface area contributed by atoms with Crippen LogP contribution in [-0.2, 0) is 27.2 Å². The molecule has 0 saturated heterocycles. The zero-order chi connectivity index (χ0) is 20.5. The average Bonchev–Trinajstić information content (AvgIpc) is 2.71. The smallest absolute Gasteiger partial charge is 0.328 e. The second-order valence-corrected chi connectivity index (χ2v) is 6.10. The summed E-state index contributed by atoms with van der Waals surface area (Å²) in [6, 6.07) is 13.0. The summed E-state index contributed by atoms with van der Waals surface area (Å²) < 4.78 is 9.73. The minimum absolute atomic E-state index is 0.0641. The van der Waals surface area contributed by atoms with E-state index in [0.29, 0.717) is 12.0 Å². The molecule has 148 valence electrons. The average molecular weight is 386 g/mol. The van der Waals surface area contributed by atoms with Gasteiger partial charge in [0.2, 0.25) is 5.91 Å². The minimum atomic E-state index is -0.943. The van der Waals surface area contributed by atoms with Gasteiger partial charge in [-0.15, -0.1) is 0 Å². The Morgan fingerprint density at radius 3 is 2.43 bits per heavy atom. The lowest BCUT2D eigenvalue weighted by Crippen LogP contribution is -2.43. The Morgan fingerprint density at radius 1 is 1.11 bits per heavy atom. The van der Waals surface area contributed by atoms with Gasteiger partial charge < -0.3 is 14.8 Å². The molecule has 0 spiro atoms. The van der Waals surface area contributed by atoms with E-state index in [1.54, 1.807) is 6.07 Å². The van der Waals surface area contributed by atoms with E-state index in [9.17, 15) is 19.7 Å². The molecule has 2 rings (SSSR count). The molecule has 1 amide bonds. The molecule has 1 N–H and O–H groups in total. The Labute approximate surface area is 162 Å². The molecule has 1 atom stereocenters. The third kappa shape index (κ3) is 5.80. The Morgan fingerprint density at radius 2 is 1.82 bits per heavy atom. The molecule has 8 heteroatoms. The van der Waals surface area contributed by atoms with Crippen LogP contribution in [0.15, 0.2) is 48.5 Å². The summed E-state index contributed by atoms with van der Waals surface area (Å²) in [5, 5.41) is 13.8. The van der Waals surface area contributed by atoms with Crippen LogP contribution in [0.3, 0.4) is 0 Å². The number of nitro benzene ring substituents is 1. The van der Waals surface area contributed by atoms with E-state index in [1.807, 2.05) is 30.3 Å². The first-order chi connectivity index (χ1) is 13.4. The number of nitrogens with one attached hydrogen (secondary N) is 1. The Bertz CT molecular complexity index is 838. The lowest BCUT2D eigenvalue weighted by Gasteiger charge is -2.17. The van der Waals surface area contributed by atoms with E-state index >= 15 is 0 Å². The molecular formula is C20H22N2O6. The van der Waals surface area contributed by atoms with Crippen molar-refractivity contribution in [1.29, 1.82) is 0 Å². The first-order valence-electron chi connectivity index (χ1n) is 8.67. The molecule has 0 aliphatic carbocycles. The fourth-order valence-corrected chi connectivity index (χ4v) is 2.75. The van der Waals surface area contributed by atoms with Crippen LogP contribution in [0.25, 0.3) is 0 Å². The highest BCUT2D eigenvalue weighted by atomic mass is 16.6. The van der Waals surface area contributed by atoms with Crippen LogP contribution < -0.4 is 10.1 Å². The van der Waals surface area contributed by atoms with Crippen molar-refractivity contribution >= 4 is 17.6 Å². The molecule has 0 fully saturated rings. The summed E-state index contributed by atoms with van der Waals surface area (Å²) in [5.41, 5.74) is 1.31. The minimum Gasteiger partial charge on any atom is -0.490 e. The van der Waals surface area contributed by atoms with Crippen molar-refractivity contribution in [2.45, 2.75) is 25.3 Å². The molecule has 0 aliphatic heterocycles. The van der Waals surface area contributed by atoms with E-state index in [1.165, 1.54) is 26.4 Å². The summed E-state index contributed by atoms with van der Waals surface area (Å²) in [6.07, 6.45) is 0.809. The lowest BCUT2D eigenvalue weighted by atomic mass is 10.0. The van der Waals surface area contributed by atoms with Gasteiger partial charge in [-0.1, -0.05) is 36.4 Å². The van der Waals surface area contributed by atoms with Crippen LogP contribution in [0.1, 0.15) is 17.5 Å². The van der Waals surface area contributed by atoms with Gasteiger partial charge in [0.25, 0.3) is 0 Å². The van der Waals surface area contributed by atoms with Crippen molar-refractivity contribution in [2.24, 2.45) is 0 Å². The summed E-state index contributed by atoms with van der Waals surface area (Å²) in [6.45, 7) is 0. The number of carbonyl (C=O) groups excluding carboxylic acids is 2. The highest BCUT2D eigenvalue weighted by Gasteiger charge is 2.24. The maximum Gasteiger partial charge on any atom is 0.328 e. The molecule has 2 aromatic rings. The van der Waals surface area contributed by atoms with Crippen LogP contribution in [0.5, 0.6) is 5.75 Å². The van der Waals surface area contributed by atoms with Crippen LogP contribution in [-0.4, -0.2) is 37.1 Å². The molecule has 0 unspecified atom stereocenters. The van der Waals surface area contributed by atoms with Gasteiger partial charge in [-0.05, 0) is 23.6 Å². The molecule has 28 heavy (non-hydrogen) atoms. The first kappa shape index (κ1) is 20.9. The van der Waals surface area contributed by atoms with Crippen LogP contribution in [0.4, 0.5) is 5.69 Å². The Kier molecular flexibility index (Phi) is 7.50. The lowest BCUT2D eigenvalue weighted by molar-refractivity contribution is -0.385. The number of benzene rings is 2. The highest BCUT2D eigenvalue weighted by molar-refractivity contribution is 5.84. The van der Waals surface area contributed by atoms with Crippen LogP contribution in [0, 0.1) is 10.1 Å². The molecule has 0 aromatic heterocycles. The fourth-order valence-electron chi connectivity index (χ4n) is 2.75. The van der Waals surface area contributed by atoms with Crippen molar-refractivity contribution in [3.05, 3.63) is 69.8 Å². The standard InChI is InChI=1S/C20H22N2O6/c1-27-18-10-8-15(13-17(18)22(25)26)12-16(20(24)28-2)21-19(23)11-9-14-6-4-3-5-7-14/h3-8,10,13,16H,9,11-12H2,1-2H3,(H,21,23)/t16-/m1/s1. The molecule has 0 heterocycles. The van der Waals surface area contributed by atoms with Gasteiger partial charge in [0.1, 0.15) is 6.04 Å². The molecule has 2 aromatic carbocycles. The largest absolute Gasteiger partial charge is 0.490 e. The number of hydrogen-bond acceptors (Lipinski definition) is 6. The number of carbonyl (C=O) groups is 2. The summed E-state index contributed by atoms with van der Waals surface area (Å²) in [7, 11) is 2.56. The summed E-state index contributed by atoms with van der Waals surface area (Å²) >= 11 is 0. The van der Waals surface area contributed by atoms with Crippen molar-refractivity contribution in [2.75, 3.05) is 14.2 Å².